The molecule has 0 bridgehead atoms. The summed E-state index contributed by atoms with van der Waals surface area (Å²) in [6.45, 7) is 2.14. The van der Waals surface area contributed by atoms with E-state index in [4.69, 9.17) is 5.26 Å². The van der Waals surface area contributed by atoms with E-state index in [1.807, 2.05) is 6.07 Å². The number of nitriles is 1. The van der Waals surface area contributed by atoms with E-state index < -0.39 is 0 Å². The molecule has 3 nitrogen and oxygen atoms in total. The highest BCUT2D eigenvalue weighted by Gasteiger charge is 2.16. The fourth-order valence-electron chi connectivity index (χ4n) is 1.44. The maximum absolute atomic E-state index is 8.72. The van der Waals surface area contributed by atoms with Crippen LogP contribution in [0.1, 0.15) is 12.0 Å². The standard InChI is InChI=1S/C10H11N3S.ClH/c11-6-8-1-4-13-10(5-8)14-9-2-3-12-7-9;/h1,4-5,9,12H,2-3,7H2;1H/t9-;/m0./s1. The Bertz CT molecular complexity index is 358. The first kappa shape index (κ1) is 12.3. The normalized spacial score (nSPS) is 19.3. The van der Waals surface area contributed by atoms with Gasteiger partial charge < -0.3 is 5.32 Å². The van der Waals surface area contributed by atoms with Crippen molar-refractivity contribution in [1.29, 1.82) is 5.26 Å². The molecule has 1 aliphatic rings. The van der Waals surface area contributed by atoms with Crippen molar-refractivity contribution in [3.63, 3.8) is 0 Å². The van der Waals surface area contributed by atoms with Crippen LogP contribution in [-0.2, 0) is 0 Å². The Hall–Kier alpha value is -0.760. The maximum Gasteiger partial charge on any atom is 0.0993 e. The summed E-state index contributed by atoms with van der Waals surface area (Å²) in [7, 11) is 0. The summed E-state index contributed by atoms with van der Waals surface area (Å²) in [6.07, 6.45) is 2.88. The number of hydrogen-bond donors (Lipinski definition) is 1. The number of nitrogens with one attached hydrogen (secondary N) is 1. The largest absolute Gasteiger partial charge is 0.316 e. The summed E-state index contributed by atoms with van der Waals surface area (Å²) in [5.41, 5.74) is 0.688. The molecular formula is C10H12ClN3S. The SMILES string of the molecule is Cl.N#Cc1ccnc(S[C@H]2CCNC2)c1. The zero-order valence-electron chi connectivity index (χ0n) is 8.14. The Kier molecular flexibility index (Phi) is 4.89. The van der Waals surface area contributed by atoms with E-state index in [1.54, 1.807) is 24.0 Å². The number of pyridine rings is 1. The molecule has 1 aliphatic heterocycles. The van der Waals surface area contributed by atoms with Crippen molar-refractivity contribution in [2.75, 3.05) is 13.1 Å². The van der Waals surface area contributed by atoms with Gasteiger partial charge in [-0.05, 0) is 25.1 Å². The Morgan fingerprint density at radius 2 is 2.47 bits per heavy atom. The van der Waals surface area contributed by atoms with Crippen molar-refractivity contribution < 1.29 is 0 Å². The highest BCUT2D eigenvalue weighted by atomic mass is 35.5. The molecule has 0 amide bonds. The van der Waals surface area contributed by atoms with Crippen LogP contribution in [0.2, 0.25) is 0 Å². The minimum absolute atomic E-state index is 0. The third-order valence-electron chi connectivity index (χ3n) is 2.17. The lowest BCUT2D eigenvalue weighted by Gasteiger charge is -2.06. The fourth-order valence-corrected chi connectivity index (χ4v) is 2.54. The molecule has 1 aromatic heterocycles. The molecule has 1 saturated heterocycles. The molecule has 1 atom stereocenters. The minimum Gasteiger partial charge on any atom is -0.316 e. The van der Waals surface area contributed by atoms with Crippen molar-refractivity contribution in [3.05, 3.63) is 23.9 Å². The number of hydrogen-bond acceptors (Lipinski definition) is 4. The highest BCUT2D eigenvalue weighted by molar-refractivity contribution is 7.99. The monoisotopic (exact) mass is 241 g/mol. The molecule has 0 radical (unpaired) electrons. The zero-order valence-corrected chi connectivity index (χ0v) is 9.77. The lowest BCUT2D eigenvalue weighted by Crippen LogP contribution is -2.10. The van der Waals surface area contributed by atoms with Crippen LogP contribution in [0.5, 0.6) is 0 Å². The topological polar surface area (TPSA) is 48.7 Å². The van der Waals surface area contributed by atoms with Crippen LogP contribution >= 0.6 is 24.2 Å². The maximum atomic E-state index is 8.72. The molecule has 0 saturated carbocycles. The smallest absolute Gasteiger partial charge is 0.0993 e. The number of rotatable bonds is 2. The van der Waals surface area contributed by atoms with Crippen molar-refractivity contribution in [2.45, 2.75) is 16.7 Å². The summed E-state index contributed by atoms with van der Waals surface area (Å²) in [6, 6.07) is 5.71. The Labute approximate surface area is 99.7 Å². The van der Waals surface area contributed by atoms with Gasteiger partial charge in [0.1, 0.15) is 0 Å². The number of nitrogens with zero attached hydrogens (tertiary/aromatic N) is 2. The first-order chi connectivity index (χ1) is 6.88. The van der Waals surface area contributed by atoms with E-state index in [0.717, 1.165) is 18.1 Å². The van der Waals surface area contributed by atoms with Crippen molar-refractivity contribution >= 4 is 24.2 Å². The second-order valence-electron chi connectivity index (χ2n) is 3.23. The average molecular weight is 242 g/mol. The van der Waals surface area contributed by atoms with E-state index in [1.165, 1.54) is 6.42 Å². The summed E-state index contributed by atoms with van der Waals surface area (Å²) in [4.78, 5) is 4.23. The van der Waals surface area contributed by atoms with Crippen LogP contribution in [-0.4, -0.2) is 23.3 Å². The first-order valence-corrected chi connectivity index (χ1v) is 5.50. The van der Waals surface area contributed by atoms with E-state index in [2.05, 4.69) is 16.4 Å². The quantitative estimate of drug-likeness (QED) is 0.858. The predicted octanol–water partition coefficient (Wildman–Crippen LogP) is 1.83. The molecular weight excluding hydrogens is 230 g/mol. The average Bonchev–Trinajstić information content (AvgIpc) is 2.71. The van der Waals surface area contributed by atoms with Crippen LogP contribution in [0.25, 0.3) is 0 Å². The molecule has 0 spiro atoms. The predicted molar refractivity (Wildman–Crippen MR) is 63.3 cm³/mol. The molecule has 1 N–H and O–H groups in total. The van der Waals surface area contributed by atoms with Gasteiger partial charge in [0, 0.05) is 18.0 Å². The van der Waals surface area contributed by atoms with Crippen LogP contribution in [0.4, 0.5) is 0 Å². The summed E-state index contributed by atoms with van der Waals surface area (Å²) in [5, 5.41) is 13.6. The van der Waals surface area contributed by atoms with Gasteiger partial charge in [0.05, 0.1) is 16.7 Å². The Morgan fingerprint density at radius 1 is 1.60 bits per heavy atom. The van der Waals surface area contributed by atoms with Crippen LogP contribution in [0.3, 0.4) is 0 Å². The molecule has 2 rings (SSSR count). The molecule has 80 valence electrons. The zero-order chi connectivity index (χ0) is 9.80. The lowest BCUT2D eigenvalue weighted by molar-refractivity contribution is 0.858. The van der Waals surface area contributed by atoms with Gasteiger partial charge in [0.2, 0.25) is 0 Å². The number of aromatic nitrogens is 1. The Balaban J connectivity index is 0.00000112. The van der Waals surface area contributed by atoms with E-state index in [0.29, 0.717) is 10.8 Å². The minimum atomic E-state index is 0. The van der Waals surface area contributed by atoms with Crippen LogP contribution in [0, 0.1) is 11.3 Å². The summed E-state index contributed by atoms with van der Waals surface area (Å²) < 4.78 is 0. The third-order valence-corrected chi connectivity index (χ3v) is 3.37. The van der Waals surface area contributed by atoms with Gasteiger partial charge in [0.15, 0.2) is 0 Å². The fraction of sp³-hybridized carbons (Fsp3) is 0.400. The molecule has 2 heterocycles. The van der Waals surface area contributed by atoms with Gasteiger partial charge in [-0.1, -0.05) is 0 Å². The molecule has 1 fully saturated rings. The molecule has 1 aromatic rings. The molecule has 15 heavy (non-hydrogen) atoms. The second kappa shape index (κ2) is 5.96. The third kappa shape index (κ3) is 3.38. The lowest BCUT2D eigenvalue weighted by atomic mass is 10.3. The van der Waals surface area contributed by atoms with Crippen LogP contribution < -0.4 is 5.32 Å². The summed E-state index contributed by atoms with van der Waals surface area (Å²) >= 11 is 1.76. The van der Waals surface area contributed by atoms with Gasteiger partial charge >= 0.3 is 0 Å². The number of thioether (sulfide) groups is 1. The van der Waals surface area contributed by atoms with Gasteiger partial charge in [-0.2, -0.15) is 5.26 Å². The van der Waals surface area contributed by atoms with E-state index in [9.17, 15) is 0 Å². The molecule has 0 aromatic carbocycles. The Morgan fingerprint density at radius 3 is 3.13 bits per heavy atom. The summed E-state index contributed by atoms with van der Waals surface area (Å²) in [5.74, 6) is 0. The highest BCUT2D eigenvalue weighted by Crippen LogP contribution is 2.25. The molecule has 0 aliphatic carbocycles. The first-order valence-electron chi connectivity index (χ1n) is 4.62. The van der Waals surface area contributed by atoms with Crippen molar-refractivity contribution in [2.24, 2.45) is 0 Å². The van der Waals surface area contributed by atoms with Gasteiger partial charge in [-0.3, -0.25) is 0 Å². The van der Waals surface area contributed by atoms with Gasteiger partial charge in [-0.15, -0.1) is 24.2 Å². The van der Waals surface area contributed by atoms with Crippen molar-refractivity contribution in [1.82, 2.24) is 10.3 Å². The van der Waals surface area contributed by atoms with E-state index in [-0.39, 0.29) is 12.4 Å². The van der Waals surface area contributed by atoms with Crippen LogP contribution in [0.15, 0.2) is 23.4 Å². The van der Waals surface area contributed by atoms with Crippen molar-refractivity contribution in [3.8, 4) is 6.07 Å². The molecule has 0 unspecified atom stereocenters. The number of halogens is 1. The molecule has 5 heteroatoms. The van der Waals surface area contributed by atoms with Gasteiger partial charge in [0.25, 0.3) is 0 Å². The van der Waals surface area contributed by atoms with Gasteiger partial charge in [-0.25, -0.2) is 4.98 Å². The second-order valence-corrected chi connectivity index (χ2v) is 4.55. The van der Waals surface area contributed by atoms with E-state index >= 15 is 0 Å².